The van der Waals surface area contributed by atoms with Crippen molar-refractivity contribution in [2.24, 2.45) is 0 Å². The number of hydrogen-bond donors (Lipinski definition) is 2. The van der Waals surface area contributed by atoms with Crippen LogP contribution in [0.3, 0.4) is 0 Å². The van der Waals surface area contributed by atoms with Gasteiger partial charge in [-0.05, 0) is 64.9 Å². The summed E-state index contributed by atoms with van der Waals surface area (Å²) in [7, 11) is 0. The molecule has 2 heteroatoms. The Balaban J connectivity index is 1.64. The summed E-state index contributed by atoms with van der Waals surface area (Å²) in [5.74, 6) is 0.539. The smallest absolute Gasteiger partial charge is 0.123 e. The van der Waals surface area contributed by atoms with Gasteiger partial charge in [-0.3, -0.25) is 0 Å². The number of hydrogen-bond acceptors (Lipinski definition) is 2. The van der Waals surface area contributed by atoms with Crippen LogP contribution in [-0.4, -0.2) is 10.2 Å². The fraction of sp³-hybridized carbons (Fsp3) is 0.118. The molecule has 0 unspecified atom stereocenters. The van der Waals surface area contributed by atoms with Crippen LogP contribution in [0.1, 0.15) is 30.0 Å². The molecule has 0 fully saturated rings. The number of benzene rings is 5. The minimum Gasteiger partial charge on any atom is -0.507 e. The van der Waals surface area contributed by atoms with Crippen LogP contribution in [0.2, 0.25) is 0 Å². The van der Waals surface area contributed by atoms with Crippen molar-refractivity contribution in [1.82, 2.24) is 0 Å². The van der Waals surface area contributed by atoms with Crippen LogP contribution < -0.4 is 0 Å². The first-order valence-corrected chi connectivity index (χ1v) is 12.4. The first kappa shape index (κ1) is 23.4. The molecule has 0 aromatic heterocycles. The maximum atomic E-state index is 10.7. The van der Waals surface area contributed by atoms with Crippen LogP contribution in [0.4, 0.5) is 0 Å². The third-order valence-corrected chi connectivity index (χ3v) is 7.19. The van der Waals surface area contributed by atoms with E-state index >= 15 is 0 Å². The maximum Gasteiger partial charge on any atom is 0.123 e. The lowest BCUT2D eigenvalue weighted by atomic mass is 9.71. The van der Waals surface area contributed by atoms with E-state index in [0.717, 1.165) is 46.2 Å². The Hall–Kier alpha value is -4.30. The van der Waals surface area contributed by atoms with E-state index < -0.39 is 0 Å². The molecule has 0 aliphatic carbocycles. The highest BCUT2D eigenvalue weighted by Crippen LogP contribution is 2.43. The van der Waals surface area contributed by atoms with Crippen molar-refractivity contribution in [3.63, 3.8) is 0 Å². The zero-order valence-electron chi connectivity index (χ0n) is 20.4. The van der Waals surface area contributed by atoms with Gasteiger partial charge in [-0.1, -0.05) is 110 Å². The molecule has 0 atom stereocenters. The van der Waals surface area contributed by atoms with E-state index in [1.165, 1.54) is 5.56 Å². The average molecular weight is 471 g/mol. The minimum absolute atomic E-state index is 0.269. The quantitative estimate of drug-likeness (QED) is 0.251. The van der Waals surface area contributed by atoms with Gasteiger partial charge in [0.05, 0.1) is 0 Å². The molecule has 178 valence electrons. The van der Waals surface area contributed by atoms with E-state index in [4.69, 9.17) is 0 Å². The summed E-state index contributed by atoms with van der Waals surface area (Å²) in [5.41, 5.74) is 6.79. The highest BCUT2D eigenvalue weighted by molar-refractivity contribution is 5.73. The van der Waals surface area contributed by atoms with Gasteiger partial charge in [0.15, 0.2) is 0 Å². The van der Waals surface area contributed by atoms with E-state index in [0.29, 0.717) is 0 Å². The SMILES string of the molecule is CC(CCc1ccccc1)(c1ccc(O)c(-c2ccccc2)c1)c1ccc(O)c(-c2ccccc2)c1. The highest BCUT2D eigenvalue weighted by atomic mass is 16.3. The summed E-state index contributed by atoms with van der Waals surface area (Å²) >= 11 is 0. The van der Waals surface area contributed by atoms with Crippen molar-refractivity contribution < 1.29 is 10.2 Å². The topological polar surface area (TPSA) is 40.5 Å². The average Bonchev–Trinajstić information content (AvgIpc) is 2.94. The lowest BCUT2D eigenvalue weighted by molar-refractivity contribution is 0.473. The predicted molar refractivity (Wildman–Crippen MR) is 148 cm³/mol. The van der Waals surface area contributed by atoms with Gasteiger partial charge in [0.25, 0.3) is 0 Å². The number of phenolic OH excluding ortho intramolecular Hbond substituents is 2. The van der Waals surface area contributed by atoms with Gasteiger partial charge in [-0.15, -0.1) is 0 Å². The molecule has 0 saturated carbocycles. The second-order valence-corrected chi connectivity index (χ2v) is 9.51. The van der Waals surface area contributed by atoms with Gasteiger partial charge in [0, 0.05) is 16.5 Å². The van der Waals surface area contributed by atoms with E-state index in [1.54, 1.807) is 12.1 Å². The van der Waals surface area contributed by atoms with Crippen LogP contribution in [0.5, 0.6) is 11.5 Å². The second kappa shape index (κ2) is 10.1. The van der Waals surface area contributed by atoms with Crippen molar-refractivity contribution in [3.8, 4) is 33.8 Å². The molecule has 5 aromatic rings. The van der Waals surface area contributed by atoms with Gasteiger partial charge in [-0.25, -0.2) is 0 Å². The van der Waals surface area contributed by atoms with Gasteiger partial charge in [-0.2, -0.15) is 0 Å². The van der Waals surface area contributed by atoms with Crippen LogP contribution in [0.15, 0.2) is 127 Å². The Morgan fingerprint density at radius 1 is 0.528 bits per heavy atom. The molecule has 5 rings (SSSR count). The second-order valence-electron chi connectivity index (χ2n) is 9.51. The molecule has 0 radical (unpaired) electrons. The van der Waals surface area contributed by atoms with Crippen LogP contribution >= 0.6 is 0 Å². The zero-order valence-corrected chi connectivity index (χ0v) is 20.4. The standard InChI is InChI=1S/C34H30O2/c1-34(22-21-25-11-5-2-6-12-25,28-17-19-32(35)30(23-28)26-13-7-3-8-14-26)29-18-20-33(36)31(24-29)27-15-9-4-10-16-27/h2-20,23-24,35-36H,21-22H2,1H3. The summed E-state index contributed by atoms with van der Waals surface area (Å²) in [6.45, 7) is 2.26. The Morgan fingerprint density at radius 3 is 1.39 bits per heavy atom. The van der Waals surface area contributed by atoms with Crippen molar-refractivity contribution in [1.29, 1.82) is 0 Å². The molecule has 0 aliphatic heterocycles. The summed E-state index contributed by atoms with van der Waals surface area (Å²) in [6.07, 6.45) is 1.77. The van der Waals surface area contributed by atoms with Crippen molar-refractivity contribution in [3.05, 3.63) is 144 Å². The molecule has 0 spiro atoms. The molecule has 2 N–H and O–H groups in total. The van der Waals surface area contributed by atoms with Crippen molar-refractivity contribution >= 4 is 0 Å². The molecule has 0 aliphatic rings. The van der Waals surface area contributed by atoms with E-state index in [2.05, 4.69) is 43.3 Å². The molecule has 0 saturated heterocycles. The van der Waals surface area contributed by atoms with Gasteiger partial charge >= 0.3 is 0 Å². The molecule has 0 bridgehead atoms. The first-order valence-electron chi connectivity index (χ1n) is 12.4. The highest BCUT2D eigenvalue weighted by Gasteiger charge is 2.30. The Bertz CT molecular complexity index is 1350. The van der Waals surface area contributed by atoms with Gasteiger partial charge in [0.2, 0.25) is 0 Å². The molecule has 5 aromatic carbocycles. The third kappa shape index (κ3) is 4.76. The number of aryl methyl sites for hydroxylation is 1. The molecule has 36 heavy (non-hydrogen) atoms. The van der Waals surface area contributed by atoms with Crippen molar-refractivity contribution in [2.75, 3.05) is 0 Å². The van der Waals surface area contributed by atoms with Crippen molar-refractivity contribution in [2.45, 2.75) is 25.2 Å². The summed E-state index contributed by atoms with van der Waals surface area (Å²) in [4.78, 5) is 0. The molecule has 0 heterocycles. The van der Waals surface area contributed by atoms with Gasteiger partial charge < -0.3 is 10.2 Å². The van der Waals surface area contributed by atoms with E-state index in [-0.39, 0.29) is 16.9 Å². The van der Waals surface area contributed by atoms with Gasteiger partial charge in [0.1, 0.15) is 11.5 Å². The number of phenols is 2. The number of rotatable bonds is 7. The molecule has 0 amide bonds. The van der Waals surface area contributed by atoms with E-state index in [1.807, 2.05) is 78.9 Å². The maximum absolute atomic E-state index is 10.7. The minimum atomic E-state index is -0.357. The lowest BCUT2D eigenvalue weighted by Crippen LogP contribution is -2.25. The first-order chi connectivity index (χ1) is 17.5. The van der Waals surface area contributed by atoms with E-state index in [9.17, 15) is 10.2 Å². The summed E-state index contributed by atoms with van der Waals surface area (Å²) < 4.78 is 0. The molecular formula is C34H30O2. The Morgan fingerprint density at radius 2 is 0.944 bits per heavy atom. The summed E-state index contributed by atoms with van der Waals surface area (Å²) in [5, 5.41) is 21.5. The molecular weight excluding hydrogens is 440 g/mol. The fourth-order valence-electron chi connectivity index (χ4n) is 4.95. The monoisotopic (exact) mass is 470 g/mol. The largest absolute Gasteiger partial charge is 0.507 e. The van der Waals surface area contributed by atoms with Crippen LogP contribution in [-0.2, 0) is 11.8 Å². The third-order valence-electron chi connectivity index (χ3n) is 7.19. The fourth-order valence-corrected chi connectivity index (χ4v) is 4.95. The predicted octanol–water partition coefficient (Wildman–Crippen LogP) is 8.37. The Kier molecular flexibility index (Phi) is 6.60. The summed E-state index contributed by atoms with van der Waals surface area (Å²) in [6, 6.07) is 42.4. The number of aromatic hydroxyl groups is 2. The lowest BCUT2D eigenvalue weighted by Gasteiger charge is -2.32. The van der Waals surface area contributed by atoms with Crippen LogP contribution in [0, 0.1) is 0 Å². The zero-order chi connectivity index (χ0) is 25.0. The normalized spacial score (nSPS) is 11.4. The Labute approximate surface area is 213 Å². The molecule has 2 nitrogen and oxygen atoms in total. The van der Waals surface area contributed by atoms with Crippen LogP contribution in [0.25, 0.3) is 22.3 Å².